The third kappa shape index (κ3) is 3.37. The molecule has 0 saturated carbocycles. The molecular formula is C15H27N3O. The molecule has 2 heterocycles. The minimum atomic E-state index is -0.0427. The minimum absolute atomic E-state index is 0.0427. The third-order valence-corrected chi connectivity index (χ3v) is 4.09. The third-order valence-electron chi connectivity index (χ3n) is 4.09. The average Bonchev–Trinajstić information content (AvgIpc) is 3.00. The van der Waals surface area contributed by atoms with Gasteiger partial charge in [0.2, 0.25) is 0 Å². The zero-order chi connectivity index (χ0) is 13.7. The van der Waals surface area contributed by atoms with E-state index < -0.39 is 0 Å². The van der Waals surface area contributed by atoms with E-state index >= 15 is 0 Å². The van der Waals surface area contributed by atoms with Crippen molar-refractivity contribution in [3.05, 3.63) is 18.2 Å². The SMILES string of the molecule is CCCn1ccnc1CC(NCC)C1(C)CCCO1. The number of hydrogen-bond acceptors (Lipinski definition) is 3. The first-order valence-corrected chi connectivity index (χ1v) is 7.57. The quantitative estimate of drug-likeness (QED) is 0.822. The molecule has 0 aromatic carbocycles. The molecule has 1 aromatic heterocycles. The van der Waals surface area contributed by atoms with E-state index in [4.69, 9.17) is 4.74 Å². The molecular weight excluding hydrogens is 238 g/mol. The van der Waals surface area contributed by atoms with Crippen LogP contribution in [-0.4, -0.2) is 34.3 Å². The van der Waals surface area contributed by atoms with Crippen LogP contribution in [0, 0.1) is 0 Å². The number of rotatable bonds is 7. The van der Waals surface area contributed by atoms with Crippen molar-refractivity contribution < 1.29 is 4.74 Å². The molecule has 1 N–H and O–H groups in total. The van der Waals surface area contributed by atoms with Gasteiger partial charge in [-0.05, 0) is 32.7 Å². The fraction of sp³-hybridized carbons (Fsp3) is 0.800. The van der Waals surface area contributed by atoms with E-state index in [9.17, 15) is 0 Å². The maximum absolute atomic E-state index is 6.00. The number of ether oxygens (including phenoxy) is 1. The van der Waals surface area contributed by atoms with Gasteiger partial charge in [0, 0.05) is 38.0 Å². The van der Waals surface area contributed by atoms with Crippen LogP contribution < -0.4 is 5.32 Å². The maximum atomic E-state index is 6.00. The summed E-state index contributed by atoms with van der Waals surface area (Å²) < 4.78 is 8.27. The van der Waals surface area contributed by atoms with E-state index in [0.29, 0.717) is 6.04 Å². The zero-order valence-electron chi connectivity index (χ0n) is 12.5. The Morgan fingerprint density at radius 2 is 2.37 bits per heavy atom. The summed E-state index contributed by atoms with van der Waals surface area (Å²) in [4.78, 5) is 4.53. The first kappa shape index (κ1) is 14.5. The molecule has 1 fully saturated rings. The second-order valence-corrected chi connectivity index (χ2v) is 5.62. The molecule has 0 spiro atoms. The van der Waals surface area contributed by atoms with Gasteiger partial charge < -0.3 is 14.6 Å². The lowest BCUT2D eigenvalue weighted by Gasteiger charge is -2.34. The van der Waals surface area contributed by atoms with Crippen LogP contribution in [0.15, 0.2) is 12.4 Å². The molecule has 2 rings (SSSR count). The van der Waals surface area contributed by atoms with E-state index in [-0.39, 0.29) is 5.60 Å². The molecule has 1 saturated heterocycles. The summed E-state index contributed by atoms with van der Waals surface area (Å²) in [5.41, 5.74) is -0.0427. The van der Waals surface area contributed by atoms with Crippen molar-refractivity contribution in [1.82, 2.24) is 14.9 Å². The topological polar surface area (TPSA) is 39.1 Å². The Balaban J connectivity index is 2.09. The van der Waals surface area contributed by atoms with Crippen LogP contribution in [-0.2, 0) is 17.7 Å². The molecule has 4 nitrogen and oxygen atoms in total. The summed E-state index contributed by atoms with van der Waals surface area (Å²) in [5.74, 6) is 1.17. The van der Waals surface area contributed by atoms with Gasteiger partial charge in [0.15, 0.2) is 0 Å². The summed E-state index contributed by atoms with van der Waals surface area (Å²) in [6.45, 7) is 9.50. The van der Waals surface area contributed by atoms with Crippen molar-refractivity contribution in [2.24, 2.45) is 0 Å². The second-order valence-electron chi connectivity index (χ2n) is 5.62. The monoisotopic (exact) mass is 265 g/mol. The number of hydrogen-bond donors (Lipinski definition) is 1. The van der Waals surface area contributed by atoms with Gasteiger partial charge in [-0.3, -0.25) is 0 Å². The van der Waals surface area contributed by atoms with Gasteiger partial charge in [-0.2, -0.15) is 0 Å². The molecule has 0 amide bonds. The Bertz CT molecular complexity index is 382. The zero-order valence-corrected chi connectivity index (χ0v) is 12.5. The molecule has 0 aliphatic carbocycles. The van der Waals surface area contributed by atoms with Crippen molar-refractivity contribution in [1.29, 1.82) is 0 Å². The van der Waals surface area contributed by atoms with Crippen LogP contribution in [0.1, 0.15) is 45.9 Å². The minimum Gasteiger partial charge on any atom is -0.374 e. The fourth-order valence-corrected chi connectivity index (χ4v) is 2.98. The van der Waals surface area contributed by atoms with E-state index in [2.05, 4.69) is 41.8 Å². The Labute approximate surface area is 116 Å². The van der Waals surface area contributed by atoms with Gasteiger partial charge in [0.1, 0.15) is 5.82 Å². The average molecular weight is 265 g/mol. The number of aromatic nitrogens is 2. The molecule has 19 heavy (non-hydrogen) atoms. The number of nitrogens with zero attached hydrogens (tertiary/aromatic N) is 2. The van der Waals surface area contributed by atoms with Crippen LogP contribution in [0.4, 0.5) is 0 Å². The van der Waals surface area contributed by atoms with E-state index in [0.717, 1.165) is 39.0 Å². The van der Waals surface area contributed by atoms with Gasteiger partial charge in [-0.1, -0.05) is 13.8 Å². The fourth-order valence-electron chi connectivity index (χ4n) is 2.98. The second kappa shape index (κ2) is 6.53. The maximum Gasteiger partial charge on any atom is 0.110 e. The van der Waals surface area contributed by atoms with Crippen LogP contribution in [0.25, 0.3) is 0 Å². The van der Waals surface area contributed by atoms with E-state index in [1.165, 1.54) is 12.2 Å². The number of nitrogens with one attached hydrogen (secondary N) is 1. The number of aryl methyl sites for hydroxylation is 1. The summed E-state index contributed by atoms with van der Waals surface area (Å²) in [6, 6.07) is 0.345. The lowest BCUT2D eigenvalue weighted by molar-refractivity contribution is -0.0117. The van der Waals surface area contributed by atoms with E-state index in [1.54, 1.807) is 0 Å². The van der Waals surface area contributed by atoms with Gasteiger partial charge in [0.05, 0.1) is 5.60 Å². The standard InChI is InChI=1S/C15H27N3O/c1-4-9-18-10-8-17-14(18)12-13(16-5-2)15(3)7-6-11-19-15/h8,10,13,16H,4-7,9,11-12H2,1-3H3. The normalized spacial score (nSPS) is 24.8. The Morgan fingerprint density at radius 1 is 1.53 bits per heavy atom. The van der Waals surface area contributed by atoms with Crippen molar-refractivity contribution in [2.45, 2.75) is 64.6 Å². The predicted octanol–water partition coefficient (Wildman–Crippen LogP) is 2.38. The van der Waals surface area contributed by atoms with Gasteiger partial charge >= 0.3 is 0 Å². The molecule has 108 valence electrons. The number of likely N-dealkylation sites (N-methyl/N-ethyl adjacent to an activating group) is 1. The summed E-state index contributed by atoms with van der Waals surface area (Å²) >= 11 is 0. The highest BCUT2D eigenvalue weighted by atomic mass is 16.5. The van der Waals surface area contributed by atoms with Crippen molar-refractivity contribution in [3.63, 3.8) is 0 Å². The molecule has 1 aliphatic rings. The molecule has 0 bridgehead atoms. The van der Waals surface area contributed by atoms with Gasteiger partial charge in [-0.25, -0.2) is 4.98 Å². The highest BCUT2D eigenvalue weighted by Gasteiger charge is 2.38. The highest BCUT2D eigenvalue weighted by molar-refractivity contribution is 5.02. The Hall–Kier alpha value is -0.870. The van der Waals surface area contributed by atoms with Crippen molar-refractivity contribution >= 4 is 0 Å². The lowest BCUT2D eigenvalue weighted by atomic mass is 9.90. The molecule has 2 unspecified atom stereocenters. The molecule has 1 aliphatic heterocycles. The first-order valence-electron chi connectivity index (χ1n) is 7.57. The van der Waals surface area contributed by atoms with Crippen molar-refractivity contribution in [2.75, 3.05) is 13.2 Å². The predicted molar refractivity (Wildman–Crippen MR) is 77.3 cm³/mol. The lowest BCUT2D eigenvalue weighted by Crippen LogP contribution is -2.50. The molecule has 4 heteroatoms. The Kier molecular flexibility index (Phi) is 4.99. The summed E-state index contributed by atoms with van der Waals surface area (Å²) in [7, 11) is 0. The summed E-state index contributed by atoms with van der Waals surface area (Å²) in [5, 5.41) is 3.59. The van der Waals surface area contributed by atoms with E-state index in [1.807, 2.05) is 6.20 Å². The smallest absolute Gasteiger partial charge is 0.110 e. The molecule has 2 atom stereocenters. The Morgan fingerprint density at radius 3 is 3.00 bits per heavy atom. The van der Waals surface area contributed by atoms with Gasteiger partial charge in [0.25, 0.3) is 0 Å². The highest BCUT2D eigenvalue weighted by Crippen LogP contribution is 2.30. The van der Waals surface area contributed by atoms with Crippen LogP contribution in [0.5, 0.6) is 0 Å². The summed E-state index contributed by atoms with van der Waals surface area (Å²) in [6.07, 6.45) is 8.38. The van der Waals surface area contributed by atoms with Crippen molar-refractivity contribution in [3.8, 4) is 0 Å². The largest absolute Gasteiger partial charge is 0.374 e. The molecule has 0 radical (unpaired) electrons. The number of imidazole rings is 1. The first-order chi connectivity index (χ1) is 9.19. The van der Waals surface area contributed by atoms with Gasteiger partial charge in [-0.15, -0.1) is 0 Å². The van der Waals surface area contributed by atoms with Crippen LogP contribution >= 0.6 is 0 Å². The van der Waals surface area contributed by atoms with Crippen LogP contribution in [0.3, 0.4) is 0 Å². The molecule has 1 aromatic rings. The van der Waals surface area contributed by atoms with Crippen LogP contribution in [0.2, 0.25) is 0 Å².